The number of aryl methyl sites for hydroxylation is 2. The second-order valence-electron chi connectivity index (χ2n) is 8.28. The first-order valence-electron chi connectivity index (χ1n) is 10.7. The first-order valence-corrected chi connectivity index (χ1v) is 11.5. The molecule has 1 aliphatic heterocycles. The highest BCUT2D eigenvalue weighted by Crippen LogP contribution is 2.45. The Kier molecular flexibility index (Phi) is 6.48. The van der Waals surface area contributed by atoms with Gasteiger partial charge in [-0.3, -0.25) is 9.59 Å². The molecular formula is C27H24BrNO5. The van der Waals surface area contributed by atoms with Gasteiger partial charge < -0.3 is 19.8 Å². The van der Waals surface area contributed by atoms with Crippen LogP contribution in [0.2, 0.25) is 0 Å². The number of likely N-dealkylation sites (tertiary alicyclic amines) is 1. The molecule has 6 nitrogen and oxygen atoms in total. The molecule has 4 rings (SSSR count). The van der Waals surface area contributed by atoms with Gasteiger partial charge in [0, 0.05) is 12.1 Å². The first-order chi connectivity index (χ1) is 16.2. The van der Waals surface area contributed by atoms with E-state index in [0.29, 0.717) is 15.6 Å². The summed E-state index contributed by atoms with van der Waals surface area (Å²) in [7, 11) is 1.42. The van der Waals surface area contributed by atoms with Crippen molar-refractivity contribution < 1.29 is 24.5 Å². The third-order valence-electron chi connectivity index (χ3n) is 5.97. The molecule has 7 heteroatoms. The third-order valence-corrected chi connectivity index (χ3v) is 6.57. The number of nitrogens with zero attached hydrogens (tertiary/aromatic N) is 1. The Morgan fingerprint density at radius 1 is 1.06 bits per heavy atom. The number of carbonyl (C=O) groups is 2. The lowest BCUT2D eigenvalue weighted by Gasteiger charge is -2.26. The number of aliphatic hydroxyl groups is 1. The minimum absolute atomic E-state index is 0.00530. The lowest BCUT2D eigenvalue weighted by molar-refractivity contribution is -0.140. The number of amides is 1. The molecule has 3 aromatic rings. The molecule has 0 radical (unpaired) electrons. The second kappa shape index (κ2) is 9.35. The van der Waals surface area contributed by atoms with Gasteiger partial charge in [-0.15, -0.1) is 0 Å². The number of Topliss-reactive ketones (excluding diaryl/α,β-unsaturated/α-hetero) is 1. The summed E-state index contributed by atoms with van der Waals surface area (Å²) in [6.07, 6.45) is 0. The van der Waals surface area contributed by atoms with Crippen LogP contribution >= 0.6 is 15.9 Å². The summed E-state index contributed by atoms with van der Waals surface area (Å²) in [5.41, 5.74) is 3.54. The Morgan fingerprint density at radius 3 is 2.44 bits per heavy atom. The highest BCUT2D eigenvalue weighted by Gasteiger charge is 2.46. The fourth-order valence-corrected chi connectivity index (χ4v) is 4.67. The van der Waals surface area contributed by atoms with Gasteiger partial charge in [0.05, 0.1) is 23.2 Å². The molecule has 0 spiro atoms. The van der Waals surface area contributed by atoms with E-state index >= 15 is 0 Å². The standard InChI is InChI=1S/C27H24BrNO5/c1-15-9-10-16(2)19(11-15)24(30)22-23(18-12-20(28)25(31)21(13-18)34-3)29(27(33)26(22)32)14-17-7-5-4-6-8-17/h4-13,23,30-31H,14H2,1-3H3. The first kappa shape index (κ1) is 23.6. The summed E-state index contributed by atoms with van der Waals surface area (Å²) in [5, 5.41) is 21.7. The zero-order valence-corrected chi connectivity index (χ0v) is 20.6. The van der Waals surface area contributed by atoms with Crippen LogP contribution in [-0.2, 0) is 16.1 Å². The number of phenols is 1. The molecule has 2 N–H and O–H groups in total. The van der Waals surface area contributed by atoms with E-state index in [1.165, 1.54) is 12.0 Å². The molecular weight excluding hydrogens is 498 g/mol. The average Bonchev–Trinajstić information content (AvgIpc) is 3.07. The van der Waals surface area contributed by atoms with Crippen LogP contribution in [0.15, 0.2) is 70.7 Å². The number of ketones is 1. The number of halogens is 1. The monoisotopic (exact) mass is 521 g/mol. The van der Waals surface area contributed by atoms with Crippen molar-refractivity contribution in [1.29, 1.82) is 0 Å². The second-order valence-corrected chi connectivity index (χ2v) is 9.14. The molecule has 1 saturated heterocycles. The highest BCUT2D eigenvalue weighted by molar-refractivity contribution is 9.10. The summed E-state index contributed by atoms with van der Waals surface area (Å²) < 4.78 is 5.65. The van der Waals surface area contributed by atoms with Gasteiger partial charge in [-0.2, -0.15) is 0 Å². The van der Waals surface area contributed by atoms with E-state index < -0.39 is 17.7 Å². The van der Waals surface area contributed by atoms with Gasteiger partial charge >= 0.3 is 0 Å². The SMILES string of the molecule is COc1cc(C2C(=C(O)c3cc(C)ccc3C)C(=O)C(=O)N2Cc2ccccc2)cc(Br)c1O. The molecule has 1 heterocycles. The van der Waals surface area contributed by atoms with Gasteiger partial charge in [-0.05, 0) is 64.7 Å². The molecule has 0 aliphatic carbocycles. The number of hydrogen-bond donors (Lipinski definition) is 2. The van der Waals surface area contributed by atoms with Crippen molar-refractivity contribution in [3.05, 3.63) is 98.5 Å². The number of carbonyl (C=O) groups excluding carboxylic acids is 2. The van der Waals surface area contributed by atoms with Crippen LogP contribution in [0, 0.1) is 13.8 Å². The number of rotatable bonds is 5. The van der Waals surface area contributed by atoms with Crippen LogP contribution < -0.4 is 4.74 Å². The Bertz CT molecular complexity index is 1320. The summed E-state index contributed by atoms with van der Waals surface area (Å²) in [5.74, 6) is -1.61. The topological polar surface area (TPSA) is 87.1 Å². The van der Waals surface area contributed by atoms with E-state index in [4.69, 9.17) is 4.74 Å². The molecule has 1 amide bonds. The number of ether oxygens (including phenoxy) is 1. The molecule has 0 bridgehead atoms. The molecule has 174 valence electrons. The van der Waals surface area contributed by atoms with Crippen LogP contribution in [0.5, 0.6) is 11.5 Å². The average molecular weight is 522 g/mol. The van der Waals surface area contributed by atoms with Crippen molar-refractivity contribution in [3.8, 4) is 11.5 Å². The minimum atomic E-state index is -0.883. The molecule has 1 aliphatic rings. The number of aliphatic hydroxyl groups excluding tert-OH is 1. The number of hydrogen-bond acceptors (Lipinski definition) is 5. The summed E-state index contributed by atoms with van der Waals surface area (Å²) in [4.78, 5) is 28.0. The number of aromatic hydroxyl groups is 1. The Hall–Kier alpha value is -3.58. The van der Waals surface area contributed by atoms with Gasteiger partial charge in [-0.25, -0.2) is 0 Å². The van der Waals surface area contributed by atoms with Crippen LogP contribution in [0.3, 0.4) is 0 Å². The van der Waals surface area contributed by atoms with Gasteiger partial charge in [0.15, 0.2) is 11.5 Å². The van der Waals surface area contributed by atoms with Crippen LogP contribution in [0.1, 0.15) is 33.9 Å². The molecule has 1 fully saturated rings. The maximum Gasteiger partial charge on any atom is 0.295 e. The van der Waals surface area contributed by atoms with Gasteiger partial charge in [0.1, 0.15) is 5.76 Å². The third kappa shape index (κ3) is 4.19. The summed E-state index contributed by atoms with van der Waals surface area (Å²) in [6.45, 7) is 3.90. The van der Waals surface area contributed by atoms with Gasteiger partial charge in [0.25, 0.3) is 11.7 Å². The zero-order chi connectivity index (χ0) is 24.6. The van der Waals surface area contributed by atoms with Crippen molar-refractivity contribution in [2.24, 2.45) is 0 Å². The van der Waals surface area contributed by atoms with E-state index in [-0.39, 0.29) is 29.4 Å². The predicted molar refractivity (Wildman–Crippen MR) is 133 cm³/mol. The smallest absolute Gasteiger partial charge is 0.295 e. The fraction of sp³-hybridized carbons (Fsp3) is 0.185. The molecule has 1 atom stereocenters. The van der Waals surface area contributed by atoms with Crippen LogP contribution in [-0.4, -0.2) is 33.9 Å². The quantitative estimate of drug-likeness (QED) is 0.266. The lowest BCUT2D eigenvalue weighted by Crippen LogP contribution is -2.29. The van der Waals surface area contributed by atoms with E-state index in [1.807, 2.05) is 56.3 Å². The van der Waals surface area contributed by atoms with Gasteiger partial charge in [0.2, 0.25) is 0 Å². The van der Waals surface area contributed by atoms with E-state index in [9.17, 15) is 19.8 Å². The van der Waals surface area contributed by atoms with Crippen molar-refractivity contribution in [1.82, 2.24) is 4.90 Å². The summed E-state index contributed by atoms with van der Waals surface area (Å²) >= 11 is 3.33. The zero-order valence-electron chi connectivity index (χ0n) is 19.0. The Balaban J connectivity index is 1.96. The van der Waals surface area contributed by atoms with E-state index in [0.717, 1.165) is 16.7 Å². The maximum atomic E-state index is 13.3. The van der Waals surface area contributed by atoms with Crippen molar-refractivity contribution in [3.63, 3.8) is 0 Å². The summed E-state index contributed by atoms with van der Waals surface area (Å²) in [6, 6.07) is 17.2. The van der Waals surface area contributed by atoms with Gasteiger partial charge in [-0.1, -0.05) is 48.0 Å². The molecule has 34 heavy (non-hydrogen) atoms. The maximum absolute atomic E-state index is 13.3. The fourth-order valence-electron chi connectivity index (χ4n) is 4.21. The van der Waals surface area contributed by atoms with Crippen molar-refractivity contribution in [2.75, 3.05) is 7.11 Å². The Morgan fingerprint density at radius 2 is 1.76 bits per heavy atom. The predicted octanol–water partition coefficient (Wildman–Crippen LogP) is 5.40. The molecule has 3 aromatic carbocycles. The van der Waals surface area contributed by atoms with E-state index in [2.05, 4.69) is 15.9 Å². The Labute approximate surface area is 206 Å². The van der Waals surface area contributed by atoms with Crippen LogP contribution in [0.4, 0.5) is 0 Å². The molecule has 1 unspecified atom stereocenters. The molecule has 0 saturated carbocycles. The molecule has 0 aromatic heterocycles. The number of methoxy groups -OCH3 is 1. The number of benzene rings is 3. The number of phenolic OH excluding ortho intramolecular Hbond substituents is 1. The van der Waals surface area contributed by atoms with E-state index in [1.54, 1.807) is 18.2 Å². The van der Waals surface area contributed by atoms with Crippen molar-refractivity contribution in [2.45, 2.75) is 26.4 Å². The minimum Gasteiger partial charge on any atom is -0.507 e. The lowest BCUT2D eigenvalue weighted by atomic mass is 9.93. The van der Waals surface area contributed by atoms with Crippen LogP contribution in [0.25, 0.3) is 5.76 Å². The largest absolute Gasteiger partial charge is 0.507 e. The normalized spacial score (nSPS) is 17.3. The van der Waals surface area contributed by atoms with Crippen molar-refractivity contribution >= 4 is 33.4 Å². The highest BCUT2D eigenvalue weighted by atomic mass is 79.9.